The van der Waals surface area contributed by atoms with Crippen LogP contribution in [0.2, 0.25) is 5.02 Å². The minimum atomic E-state index is 0. The van der Waals surface area contributed by atoms with Crippen LogP contribution in [0.15, 0.2) is 42.5 Å². The fourth-order valence-electron chi connectivity index (χ4n) is 3.28. The van der Waals surface area contributed by atoms with E-state index in [1.165, 1.54) is 16.7 Å². The highest BCUT2D eigenvalue weighted by Gasteiger charge is 2.27. The van der Waals surface area contributed by atoms with E-state index in [0.717, 1.165) is 23.6 Å². The Kier molecular flexibility index (Phi) is 5.74. The zero-order valence-electron chi connectivity index (χ0n) is 12.8. The fourth-order valence-corrected chi connectivity index (χ4v) is 3.41. The quantitative estimate of drug-likeness (QED) is 0.854. The van der Waals surface area contributed by atoms with Gasteiger partial charge in [-0.25, -0.2) is 0 Å². The van der Waals surface area contributed by atoms with Gasteiger partial charge in [-0.1, -0.05) is 29.8 Å². The van der Waals surface area contributed by atoms with E-state index in [2.05, 4.69) is 35.6 Å². The molecule has 0 radical (unpaired) electrons. The van der Waals surface area contributed by atoms with E-state index in [1.807, 2.05) is 19.2 Å². The zero-order valence-corrected chi connectivity index (χ0v) is 14.4. The molecule has 0 aromatic heterocycles. The first-order valence-electron chi connectivity index (χ1n) is 7.33. The van der Waals surface area contributed by atoms with Crippen molar-refractivity contribution in [2.24, 2.45) is 0 Å². The molecule has 118 valence electrons. The average Bonchev–Trinajstić information content (AvgIpc) is 2.54. The Bertz CT molecular complexity index is 627. The molecule has 3 rings (SSSR count). The summed E-state index contributed by atoms with van der Waals surface area (Å²) in [6, 6.07) is 15.1. The third kappa shape index (κ3) is 3.24. The topological polar surface area (TPSA) is 21.3 Å². The third-order valence-corrected chi connectivity index (χ3v) is 4.66. The third-order valence-electron chi connectivity index (χ3n) is 4.41. The lowest BCUT2D eigenvalue weighted by atomic mass is 9.76. The molecular weight excluding hydrogens is 317 g/mol. The number of halogens is 2. The summed E-state index contributed by atoms with van der Waals surface area (Å²) in [5.74, 6) is 1.36. The summed E-state index contributed by atoms with van der Waals surface area (Å²) in [5, 5.41) is 4.21. The maximum Gasteiger partial charge on any atom is 0.119 e. The molecule has 0 fully saturated rings. The van der Waals surface area contributed by atoms with Gasteiger partial charge in [-0.05, 0) is 60.8 Å². The van der Waals surface area contributed by atoms with Crippen LogP contribution in [0.1, 0.15) is 41.5 Å². The van der Waals surface area contributed by atoms with Crippen LogP contribution < -0.4 is 10.1 Å². The molecule has 1 N–H and O–H groups in total. The summed E-state index contributed by atoms with van der Waals surface area (Å²) >= 11 is 6.01. The summed E-state index contributed by atoms with van der Waals surface area (Å²) in [4.78, 5) is 0. The SMILES string of the molecule is CNC1CCC(c2ccc(Cl)cc2)c2ccc(OC)cc21.Cl. The molecule has 2 aromatic carbocycles. The summed E-state index contributed by atoms with van der Waals surface area (Å²) in [5.41, 5.74) is 4.08. The first kappa shape index (κ1) is 17.1. The van der Waals surface area contributed by atoms with E-state index >= 15 is 0 Å². The molecule has 22 heavy (non-hydrogen) atoms. The molecule has 2 unspecified atom stereocenters. The van der Waals surface area contributed by atoms with Crippen molar-refractivity contribution in [3.05, 3.63) is 64.2 Å². The van der Waals surface area contributed by atoms with E-state index in [9.17, 15) is 0 Å². The second-order valence-corrected chi connectivity index (χ2v) is 5.95. The van der Waals surface area contributed by atoms with Gasteiger partial charge in [-0.3, -0.25) is 0 Å². The first-order valence-corrected chi connectivity index (χ1v) is 7.71. The van der Waals surface area contributed by atoms with Crippen LogP contribution in [0.4, 0.5) is 0 Å². The van der Waals surface area contributed by atoms with Crippen molar-refractivity contribution in [1.29, 1.82) is 0 Å². The highest BCUT2D eigenvalue weighted by Crippen LogP contribution is 2.42. The molecule has 2 nitrogen and oxygen atoms in total. The lowest BCUT2D eigenvalue weighted by Gasteiger charge is -2.32. The smallest absolute Gasteiger partial charge is 0.119 e. The normalized spacial score (nSPS) is 20.0. The maximum atomic E-state index is 6.01. The molecule has 1 aliphatic carbocycles. The Hall–Kier alpha value is -1.22. The van der Waals surface area contributed by atoms with Gasteiger partial charge >= 0.3 is 0 Å². The monoisotopic (exact) mass is 337 g/mol. The first-order chi connectivity index (χ1) is 10.2. The molecule has 0 saturated carbocycles. The van der Waals surface area contributed by atoms with E-state index in [-0.39, 0.29) is 12.4 Å². The van der Waals surface area contributed by atoms with Crippen LogP contribution in [0.25, 0.3) is 0 Å². The fraction of sp³-hybridized carbons (Fsp3) is 0.333. The van der Waals surface area contributed by atoms with Gasteiger partial charge in [0.05, 0.1) is 7.11 Å². The molecule has 4 heteroatoms. The maximum absolute atomic E-state index is 6.01. The van der Waals surface area contributed by atoms with Crippen molar-refractivity contribution < 1.29 is 4.74 Å². The van der Waals surface area contributed by atoms with Gasteiger partial charge in [-0.2, -0.15) is 0 Å². The summed E-state index contributed by atoms with van der Waals surface area (Å²) in [6.07, 6.45) is 2.27. The van der Waals surface area contributed by atoms with Gasteiger partial charge < -0.3 is 10.1 Å². The van der Waals surface area contributed by atoms with Gasteiger partial charge in [0, 0.05) is 17.0 Å². The van der Waals surface area contributed by atoms with Crippen molar-refractivity contribution in [1.82, 2.24) is 5.32 Å². The number of nitrogens with one attached hydrogen (secondary N) is 1. The van der Waals surface area contributed by atoms with Gasteiger partial charge in [0.15, 0.2) is 0 Å². The molecule has 0 aliphatic heterocycles. The molecular formula is C18H21Cl2NO. The lowest BCUT2D eigenvalue weighted by molar-refractivity contribution is 0.409. The van der Waals surface area contributed by atoms with Gasteiger partial charge in [0.2, 0.25) is 0 Å². The number of ether oxygens (including phenoxy) is 1. The van der Waals surface area contributed by atoms with Gasteiger partial charge in [0.25, 0.3) is 0 Å². The van der Waals surface area contributed by atoms with Crippen LogP contribution in [0.3, 0.4) is 0 Å². The number of hydrogen-bond donors (Lipinski definition) is 1. The second kappa shape index (κ2) is 7.36. The van der Waals surface area contributed by atoms with E-state index < -0.39 is 0 Å². The average molecular weight is 338 g/mol. The highest BCUT2D eigenvalue weighted by molar-refractivity contribution is 6.30. The number of hydrogen-bond acceptors (Lipinski definition) is 2. The van der Waals surface area contributed by atoms with Crippen LogP contribution >= 0.6 is 24.0 Å². The predicted molar refractivity (Wildman–Crippen MR) is 94.6 cm³/mol. The Morgan fingerprint density at radius 2 is 1.77 bits per heavy atom. The van der Waals surface area contributed by atoms with Crippen LogP contribution in [0.5, 0.6) is 5.75 Å². The van der Waals surface area contributed by atoms with E-state index in [4.69, 9.17) is 16.3 Å². The minimum Gasteiger partial charge on any atom is -0.497 e. The predicted octanol–water partition coefficient (Wildman–Crippen LogP) is 4.96. The highest BCUT2D eigenvalue weighted by atomic mass is 35.5. The largest absolute Gasteiger partial charge is 0.497 e. The van der Waals surface area contributed by atoms with E-state index in [1.54, 1.807) is 7.11 Å². The number of benzene rings is 2. The van der Waals surface area contributed by atoms with Crippen molar-refractivity contribution in [3.63, 3.8) is 0 Å². The van der Waals surface area contributed by atoms with Crippen molar-refractivity contribution in [2.45, 2.75) is 24.8 Å². The second-order valence-electron chi connectivity index (χ2n) is 5.52. The Morgan fingerprint density at radius 1 is 1.05 bits per heavy atom. The van der Waals surface area contributed by atoms with Crippen molar-refractivity contribution >= 4 is 24.0 Å². The van der Waals surface area contributed by atoms with Gasteiger partial charge in [0.1, 0.15) is 5.75 Å². The van der Waals surface area contributed by atoms with Crippen molar-refractivity contribution in [2.75, 3.05) is 14.2 Å². The Balaban J connectivity index is 0.00000176. The molecule has 0 heterocycles. The van der Waals surface area contributed by atoms with Crippen LogP contribution in [-0.4, -0.2) is 14.2 Å². The van der Waals surface area contributed by atoms with Gasteiger partial charge in [-0.15, -0.1) is 12.4 Å². The lowest BCUT2D eigenvalue weighted by Crippen LogP contribution is -2.24. The number of rotatable bonds is 3. The number of fused-ring (bicyclic) bond motifs is 1. The number of methoxy groups -OCH3 is 1. The molecule has 0 bridgehead atoms. The summed E-state index contributed by atoms with van der Waals surface area (Å²) < 4.78 is 5.38. The molecule has 0 spiro atoms. The van der Waals surface area contributed by atoms with Crippen molar-refractivity contribution in [3.8, 4) is 5.75 Å². The molecule has 0 saturated heterocycles. The molecule has 2 atom stereocenters. The summed E-state index contributed by atoms with van der Waals surface area (Å²) in [7, 11) is 3.74. The molecule has 0 amide bonds. The standard InChI is InChI=1S/C18H20ClNO.ClH/c1-20-18-10-9-15(12-3-5-13(19)6-4-12)16-8-7-14(21-2)11-17(16)18;/h3-8,11,15,18,20H,9-10H2,1-2H3;1H. The minimum absolute atomic E-state index is 0. The summed E-state index contributed by atoms with van der Waals surface area (Å²) in [6.45, 7) is 0. The van der Waals surface area contributed by atoms with E-state index in [0.29, 0.717) is 12.0 Å². The zero-order chi connectivity index (χ0) is 14.8. The van der Waals surface area contributed by atoms with Crippen LogP contribution in [0, 0.1) is 0 Å². The Morgan fingerprint density at radius 3 is 2.41 bits per heavy atom. The molecule has 1 aliphatic rings. The molecule has 2 aromatic rings. The Labute approximate surface area is 143 Å². The van der Waals surface area contributed by atoms with Crippen LogP contribution in [-0.2, 0) is 0 Å².